The van der Waals surface area contributed by atoms with Crippen LogP contribution in [0.4, 0.5) is 0 Å². The fraction of sp³-hybridized carbons (Fsp3) is 0.222. The molecule has 0 amide bonds. The van der Waals surface area contributed by atoms with E-state index in [1.54, 1.807) is 0 Å². The van der Waals surface area contributed by atoms with Crippen LogP contribution in [-0.2, 0) is 26.2 Å². The summed E-state index contributed by atoms with van der Waals surface area (Å²) in [5, 5.41) is 0. The van der Waals surface area contributed by atoms with Crippen molar-refractivity contribution in [2.24, 2.45) is 0 Å². The number of hydrogen-bond acceptors (Lipinski definition) is 4. The van der Waals surface area contributed by atoms with Crippen molar-refractivity contribution in [2.75, 3.05) is 0 Å². The molecule has 5 rings (SSSR count). The third-order valence-corrected chi connectivity index (χ3v) is 4.43. The Morgan fingerprint density at radius 2 is 1.08 bits per heavy atom. The highest BCUT2D eigenvalue weighted by atomic mass is 15.4. The van der Waals surface area contributed by atoms with Gasteiger partial charge in [0, 0.05) is 47.6 Å². The number of nitrogens with zero attached hydrogens (tertiary/aromatic N) is 4. The zero-order valence-electron chi connectivity index (χ0n) is 13.3. The lowest BCUT2D eigenvalue weighted by Crippen LogP contribution is -2.21. The van der Waals surface area contributed by atoms with E-state index in [0.717, 1.165) is 26.2 Å². The maximum absolute atomic E-state index is 3.51. The van der Waals surface area contributed by atoms with Crippen LogP contribution < -0.4 is 0 Å². The molecule has 5 heterocycles. The Morgan fingerprint density at radius 3 is 1.58 bits per heavy atom. The first-order chi connectivity index (χ1) is 11.8. The van der Waals surface area contributed by atoms with Gasteiger partial charge in [-0.05, 0) is 24.3 Å². The van der Waals surface area contributed by atoms with Gasteiger partial charge in [-0.25, -0.2) is 0 Å². The summed E-state index contributed by atoms with van der Waals surface area (Å²) in [6.07, 6.45) is 8.36. The summed E-state index contributed by atoms with van der Waals surface area (Å²) in [4.78, 5) is 15.6. The number of H-pyrrole nitrogens is 2. The standard InChI is InChI=1S/C18H19N6/c1-2-16-10-22-7-8-24(14-22)12-18-4-3-17(20-18)11-23-6-5-21(13-23)9-15(1)19-16/h1-8,13,19-20H,9-12H2. The predicted molar refractivity (Wildman–Crippen MR) is 89.6 cm³/mol. The van der Waals surface area contributed by atoms with E-state index in [0.29, 0.717) is 0 Å². The van der Waals surface area contributed by atoms with Crippen molar-refractivity contribution < 1.29 is 0 Å². The van der Waals surface area contributed by atoms with Gasteiger partial charge in [-0.15, -0.1) is 0 Å². The van der Waals surface area contributed by atoms with Gasteiger partial charge in [-0.2, -0.15) is 0 Å². The molecule has 0 aliphatic carbocycles. The molecule has 0 saturated heterocycles. The summed E-state index contributed by atoms with van der Waals surface area (Å²) >= 11 is 0. The molecule has 0 spiro atoms. The Balaban J connectivity index is 1.41. The van der Waals surface area contributed by atoms with Gasteiger partial charge in [0.2, 0.25) is 6.67 Å². The van der Waals surface area contributed by atoms with Gasteiger partial charge in [0.25, 0.3) is 0 Å². The van der Waals surface area contributed by atoms with Crippen molar-refractivity contribution in [3.05, 3.63) is 85.2 Å². The largest absolute Gasteiger partial charge is 0.359 e. The quantitative estimate of drug-likeness (QED) is 0.782. The van der Waals surface area contributed by atoms with Crippen molar-refractivity contribution in [1.29, 1.82) is 0 Å². The number of rotatable bonds is 0. The van der Waals surface area contributed by atoms with Gasteiger partial charge >= 0.3 is 0 Å². The highest BCUT2D eigenvalue weighted by molar-refractivity contribution is 5.18. The smallest absolute Gasteiger partial charge is 0.208 e. The lowest BCUT2D eigenvalue weighted by atomic mass is 10.4. The van der Waals surface area contributed by atoms with E-state index in [1.807, 2.05) is 0 Å². The van der Waals surface area contributed by atoms with E-state index >= 15 is 0 Å². The molecule has 2 N–H and O–H groups in total. The van der Waals surface area contributed by atoms with Crippen molar-refractivity contribution in [2.45, 2.75) is 26.2 Å². The van der Waals surface area contributed by atoms with E-state index in [4.69, 9.17) is 0 Å². The molecular formula is C18H19N6. The highest BCUT2D eigenvalue weighted by Gasteiger charge is 2.19. The number of aromatic amines is 2. The number of aromatic nitrogens is 2. The van der Waals surface area contributed by atoms with Gasteiger partial charge in [0.05, 0.1) is 26.2 Å². The first kappa shape index (κ1) is 13.7. The van der Waals surface area contributed by atoms with Crippen LogP contribution in [0, 0.1) is 13.3 Å². The molecule has 3 aliphatic heterocycles. The Hall–Kier alpha value is -2.76. The third kappa shape index (κ3) is 2.64. The van der Waals surface area contributed by atoms with Crippen LogP contribution in [0.1, 0.15) is 22.8 Å². The maximum Gasteiger partial charge on any atom is 0.208 e. The first-order valence-electron chi connectivity index (χ1n) is 8.16. The van der Waals surface area contributed by atoms with E-state index in [9.17, 15) is 0 Å². The Bertz CT molecular complexity index is 662. The van der Waals surface area contributed by atoms with Gasteiger partial charge in [0.15, 0.2) is 0 Å². The Morgan fingerprint density at radius 1 is 0.625 bits per heavy atom. The fourth-order valence-electron chi connectivity index (χ4n) is 3.31. The summed E-state index contributed by atoms with van der Waals surface area (Å²) in [6, 6.07) is 8.62. The highest BCUT2D eigenvalue weighted by Crippen LogP contribution is 2.21. The molecule has 0 saturated carbocycles. The zero-order chi connectivity index (χ0) is 15.9. The average molecular weight is 319 g/mol. The van der Waals surface area contributed by atoms with Crippen LogP contribution in [0.15, 0.2) is 49.1 Å². The molecule has 0 atom stereocenters. The lowest BCUT2D eigenvalue weighted by molar-refractivity contribution is 0.322. The SMILES string of the molecule is [C]1N2C=CN1Cc1ccc([nH]1)CN1[CH]N(C=C1)Cc1ccc([nH]1)C2. The number of hydrogen-bond donors (Lipinski definition) is 2. The first-order valence-corrected chi connectivity index (χ1v) is 8.16. The topological polar surface area (TPSA) is 44.5 Å². The van der Waals surface area contributed by atoms with Gasteiger partial charge in [-0.3, -0.25) is 0 Å². The second-order valence-corrected chi connectivity index (χ2v) is 6.43. The summed E-state index contributed by atoms with van der Waals surface area (Å²) < 4.78 is 0. The minimum absolute atomic E-state index is 0.800. The average Bonchev–Trinajstić information content (AvgIpc) is 3.32. The molecule has 6 heteroatoms. The van der Waals surface area contributed by atoms with E-state index in [-0.39, 0.29) is 0 Å². The van der Waals surface area contributed by atoms with Crippen molar-refractivity contribution in [1.82, 2.24) is 29.6 Å². The number of nitrogens with one attached hydrogen (secondary N) is 2. The molecule has 3 aliphatic rings. The monoisotopic (exact) mass is 319 g/mol. The molecule has 8 bridgehead atoms. The molecule has 0 fully saturated rings. The van der Waals surface area contributed by atoms with Crippen molar-refractivity contribution in [3.63, 3.8) is 0 Å². The molecular weight excluding hydrogens is 300 g/mol. The summed E-state index contributed by atoms with van der Waals surface area (Å²) in [7, 11) is 0. The van der Waals surface area contributed by atoms with E-state index in [2.05, 4.69) is 92.0 Å². The summed E-state index contributed by atoms with van der Waals surface area (Å²) in [5.41, 5.74) is 4.81. The molecule has 24 heavy (non-hydrogen) atoms. The number of fused-ring (bicyclic) bond motifs is 8. The predicted octanol–water partition coefficient (Wildman–Crippen LogP) is 2.35. The second-order valence-electron chi connectivity index (χ2n) is 6.43. The van der Waals surface area contributed by atoms with E-state index in [1.165, 1.54) is 22.8 Å². The van der Waals surface area contributed by atoms with Crippen LogP contribution in [0.2, 0.25) is 0 Å². The lowest BCUT2D eigenvalue weighted by Gasteiger charge is -2.20. The second kappa shape index (κ2) is 5.40. The van der Waals surface area contributed by atoms with Crippen LogP contribution >= 0.6 is 0 Å². The summed E-state index contributed by atoms with van der Waals surface area (Å²) in [5.74, 6) is 0. The molecule has 0 aromatic carbocycles. The van der Waals surface area contributed by atoms with Crippen LogP contribution in [0.5, 0.6) is 0 Å². The Kier molecular flexibility index (Phi) is 3.07. The van der Waals surface area contributed by atoms with E-state index < -0.39 is 0 Å². The Labute approximate surface area is 141 Å². The molecule has 2 aromatic rings. The summed E-state index contributed by atoms with van der Waals surface area (Å²) in [6.45, 7) is 8.81. The zero-order valence-corrected chi connectivity index (χ0v) is 13.3. The molecule has 6 nitrogen and oxygen atoms in total. The minimum atomic E-state index is 0.800. The van der Waals surface area contributed by atoms with Gasteiger partial charge in [0.1, 0.15) is 6.67 Å². The molecule has 121 valence electrons. The van der Waals surface area contributed by atoms with Crippen LogP contribution in [0.25, 0.3) is 0 Å². The molecule has 2 aromatic heterocycles. The maximum atomic E-state index is 3.51. The van der Waals surface area contributed by atoms with Gasteiger partial charge < -0.3 is 29.6 Å². The van der Waals surface area contributed by atoms with Gasteiger partial charge in [-0.1, -0.05) is 0 Å². The normalized spacial score (nSPS) is 19.7. The minimum Gasteiger partial charge on any atom is -0.359 e. The van der Waals surface area contributed by atoms with Crippen molar-refractivity contribution >= 4 is 0 Å². The molecule has 3 radical (unpaired) electrons. The van der Waals surface area contributed by atoms with Crippen LogP contribution in [0.3, 0.4) is 0 Å². The third-order valence-electron chi connectivity index (χ3n) is 4.43. The molecule has 0 unspecified atom stereocenters. The van der Waals surface area contributed by atoms with Crippen molar-refractivity contribution in [3.8, 4) is 0 Å². The van der Waals surface area contributed by atoms with Crippen LogP contribution in [-0.4, -0.2) is 29.6 Å². The fourth-order valence-corrected chi connectivity index (χ4v) is 3.31.